The molecule has 0 aliphatic heterocycles. The van der Waals surface area contributed by atoms with Gasteiger partial charge in [-0.15, -0.1) is 0 Å². The van der Waals surface area contributed by atoms with E-state index in [0.29, 0.717) is 12.5 Å². The smallest absolute Gasteiger partial charge is 0.220 e. The standard InChI is InChI=1S/C17H26N2O/c1-13-4-8-15(12-13)18-17(20)11-7-14-5-9-16(10-6-14)19(2)3/h5-6,9-10,13,15H,4,7-8,11-12H2,1-3H3,(H,18,20). The molecular formula is C17H26N2O. The Morgan fingerprint density at radius 3 is 2.50 bits per heavy atom. The monoisotopic (exact) mass is 274 g/mol. The summed E-state index contributed by atoms with van der Waals surface area (Å²) >= 11 is 0. The van der Waals surface area contributed by atoms with E-state index < -0.39 is 0 Å². The SMILES string of the molecule is CC1CCC(NC(=O)CCc2ccc(N(C)C)cc2)C1. The molecule has 0 bridgehead atoms. The van der Waals surface area contributed by atoms with E-state index in [4.69, 9.17) is 0 Å². The third kappa shape index (κ3) is 4.26. The Morgan fingerprint density at radius 2 is 1.95 bits per heavy atom. The van der Waals surface area contributed by atoms with E-state index in [9.17, 15) is 4.79 Å². The average molecular weight is 274 g/mol. The topological polar surface area (TPSA) is 32.3 Å². The molecule has 20 heavy (non-hydrogen) atoms. The maximum atomic E-state index is 11.9. The van der Waals surface area contributed by atoms with E-state index in [1.54, 1.807) is 0 Å². The molecule has 1 aliphatic carbocycles. The Hall–Kier alpha value is -1.51. The Morgan fingerprint density at radius 1 is 1.25 bits per heavy atom. The summed E-state index contributed by atoms with van der Waals surface area (Å²) in [6.07, 6.45) is 4.94. The van der Waals surface area contributed by atoms with Crippen LogP contribution in [0.4, 0.5) is 5.69 Å². The van der Waals surface area contributed by atoms with Crippen LogP contribution in [0.25, 0.3) is 0 Å². The maximum absolute atomic E-state index is 11.9. The lowest BCUT2D eigenvalue weighted by atomic mass is 10.1. The highest BCUT2D eigenvalue weighted by Crippen LogP contribution is 2.24. The number of benzene rings is 1. The molecule has 110 valence electrons. The Balaban J connectivity index is 1.75. The number of nitrogens with zero attached hydrogens (tertiary/aromatic N) is 1. The predicted octanol–water partition coefficient (Wildman–Crippen LogP) is 2.99. The number of rotatable bonds is 5. The van der Waals surface area contributed by atoms with E-state index in [1.165, 1.54) is 17.7 Å². The molecule has 2 atom stereocenters. The van der Waals surface area contributed by atoms with Gasteiger partial charge in [-0.25, -0.2) is 0 Å². The van der Waals surface area contributed by atoms with E-state index in [0.717, 1.165) is 25.2 Å². The summed E-state index contributed by atoms with van der Waals surface area (Å²) in [7, 11) is 4.07. The van der Waals surface area contributed by atoms with Crippen molar-refractivity contribution in [3.8, 4) is 0 Å². The molecule has 1 fully saturated rings. The molecule has 1 aromatic rings. The minimum absolute atomic E-state index is 0.195. The lowest BCUT2D eigenvalue weighted by molar-refractivity contribution is -0.121. The molecular weight excluding hydrogens is 248 g/mol. The highest BCUT2D eigenvalue weighted by Gasteiger charge is 2.22. The van der Waals surface area contributed by atoms with Crippen molar-refractivity contribution in [2.24, 2.45) is 5.92 Å². The predicted molar refractivity (Wildman–Crippen MR) is 84.0 cm³/mol. The molecule has 0 saturated heterocycles. The van der Waals surface area contributed by atoms with E-state index in [1.807, 2.05) is 14.1 Å². The minimum Gasteiger partial charge on any atom is -0.378 e. The van der Waals surface area contributed by atoms with Gasteiger partial charge in [-0.05, 0) is 49.3 Å². The van der Waals surface area contributed by atoms with Gasteiger partial charge in [0.05, 0.1) is 0 Å². The number of carbonyl (C=O) groups is 1. The third-order valence-electron chi connectivity index (χ3n) is 4.15. The van der Waals surface area contributed by atoms with Crippen LogP contribution in [0.15, 0.2) is 24.3 Å². The van der Waals surface area contributed by atoms with Crippen molar-refractivity contribution >= 4 is 11.6 Å². The highest BCUT2D eigenvalue weighted by molar-refractivity contribution is 5.76. The van der Waals surface area contributed by atoms with Crippen molar-refractivity contribution in [2.75, 3.05) is 19.0 Å². The van der Waals surface area contributed by atoms with Gasteiger partial charge in [0, 0.05) is 32.2 Å². The first-order valence-electron chi connectivity index (χ1n) is 7.60. The van der Waals surface area contributed by atoms with Crippen LogP contribution in [0.3, 0.4) is 0 Å². The first-order valence-corrected chi connectivity index (χ1v) is 7.60. The summed E-state index contributed by atoms with van der Waals surface area (Å²) in [6, 6.07) is 8.84. The van der Waals surface area contributed by atoms with Crippen LogP contribution in [0, 0.1) is 5.92 Å². The van der Waals surface area contributed by atoms with Crippen LogP contribution in [0.5, 0.6) is 0 Å². The Labute approximate surface area is 122 Å². The Kier molecular flexibility index (Phi) is 5.05. The number of carbonyl (C=O) groups excluding carboxylic acids is 1. The zero-order valence-electron chi connectivity index (χ0n) is 12.9. The van der Waals surface area contributed by atoms with Gasteiger partial charge in [-0.2, -0.15) is 0 Å². The van der Waals surface area contributed by atoms with Crippen molar-refractivity contribution < 1.29 is 4.79 Å². The molecule has 2 unspecified atom stereocenters. The van der Waals surface area contributed by atoms with Crippen LogP contribution in [0.1, 0.15) is 38.2 Å². The lowest BCUT2D eigenvalue weighted by Gasteiger charge is -2.14. The van der Waals surface area contributed by atoms with Gasteiger partial charge in [0.2, 0.25) is 5.91 Å². The fourth-order valence-corrected chi connectivity index (χ4v) is 2.86. The molecule has 1 amide bonds. The second kappa shape index (κ2) is 6.78. The summed E-state index contributed by atoms with van der Waals surface area (Å²) in [4.78, 5) is 14.0. The van der Waals surface area contributed by atoms with Crippen molar-refractivity contribution in [1.82, 2.24) is 5.32 Å². The quantitative estimate of drug-likeness (QED) is 0.895. The fourth-order valence-electron chi connectivity index (χ4n) is 2.86. The Bertz CT molecular complexity index is 439. The first kappa shape index (κ1) is 14.9. The molecule has 3 nitrogen and oxygen atoms in total. The lowest BCUT2D eigenvalue weighted by Crippen LogP contribution is -2.32. The zero-order chi connectivity index (χ0) is 14.5. The molecule has 0 aromatic heterocycles. The van der Waals surface area contributed by atoms with E-state index in [2.05, 4.69) is 41.4 Å². The summed E-state index contributed by atoms with van der Waals surface area (Å²) in [5, 5.41) is 3.16. The van der Waals surface area contributed by atoms with Gasteiger partial charge >= 0.3 is 0 Å². The van der Waals surface area contributed by atoms with Gasteiger partial charge < -0.3 is 10.2 Å². The van der Waals surface area contributed by atoms with Crippen LogP contribution in [-0.2, 0) is 11.2 Å². The summed E-state index contributed by atoms with van der Waals surface area (Å²) in [5.41, 5.74) is 2.42. The number of anilines is 1. The molecule has 0 heterocycles. The molecule has 0 radical (unpaired) electrons. The van der Waals surface area contributed by atoms with Crippen LogP contribution < -0.4 is 10.2 Å². The van der Waals surface area contributed by atoms with Crippen molar-refractivity contribution in [1.29, 1.82) is 0 Å². The number of nitrogens with one attached hydrogen (secondary N) is 1. The van der Waals surface area contributed by atoms with Gasteiger partial charge in [-0.1, -0.05) is 19.1 Å². The number of aryl methyl sites for hydroxylation is 1. The van der Waals surface area contributed by atoms with Gasteiger partial charge in [0.1, 0.15) is 0 Å². The average Bonchev–Trinajstić information content (AvgIpc) is 2.82. The molecule has 3 heteroatoms. The van der Waals surface area contributed by atoms with Crippen molar-refractivity contribution in [2.45, 2.75) is 45.1 Å². The van der Waals surface area contributed by atoms with E-state index in [-0.39, 0.29) is 5.91 Å². The maximum Gasteiger partial charge on any atom is 0.220 e. The second-order valence-corrected chi connectivity index (χ2v) is 6.24. The summed E-state index contributed by atoms with van der Waals surface area (Å²) in [6.45, 7) is 2.26. The summed E-state index contributed by atoms with van der Waals surface area (Å²) in [5.74, 6) is 0.958. The zero-order valence-corrected chi connectivity index (χ0v) is 12.9. The van der Waals surface area contributed by atoms with Crippen molar-refractivity contribution in [3.05, 3.63) is 29.8 Å². The van der Waals surface area contributed by atoms with Crippen molar-refractivity contribution in [3.63, 3.8) is 0 Å². The third-order valence-corrected chi connectivity index (χ3v) is 4.15. The van der Waals surface area contributed by atoms with Gasteiger partial charge in [-0.3, -0.25) is 4.79 Å². The van der Waals surface area contributed by atoms with E-state index >= 15 is 0 Å². The molecule has 2 rings (SSSR count). The second-order valence-electron chi connectivity index (χ2n) is 6.24. The largest absolute Gasteiger partial charge is 0.378 e. The summed E-state index contributed by atoms with van der Waals surface area (Å²) < 4.78 is 0. The number of hydrogen-bond donors (Lipinski definition) is 1. The fraction of sp³-hybridized carbons (Fsp3) is 0.588. The normalized spacial score (nSPS) is 21.8. The molecule has 0 spiro atoms. The molecule has 1 aromatic carbocycles. The minimum atomic E-state index is 0.195. The van der Waals surface area contributed by atoms with Gasteiger partial charge in [0.15, 0.2) is 0 Å². The molecule has 1 aliphatic rings. The highest BCUT2D eigenvalue weighted by atomic mass is 16.1. The van der Waals surface area contributed by atoms with Crippen LogP contribution in [-0.4, -0.2) is 26.0 Å². The van der Waals surface area contributed by atoms with Crippen LogP contribution >= 0.6 is 0 Å². The molecule has 1 N–H and O–H groups in total. The number of amides is 1. The van der Waals surface area contributed by atoms with Gasteiger partial charge in [0.25, 0.3) is 0 Å². The molecule has 1 saturated carbocycles. The van der Waals surface area contributed by atoms with Crippen LogP contribution in [0.2, 0.25) is 0 Å². The number of hydrogen-bond acceptors (Lipinski definition) is 2. The first-order chi connectivity index (χ1) is 9.54.